The lowest BCUT2D eigenvalue weighted by Crippen LogP contribution is -2.27. The molecule has 0 fully saturated rings. The summed E-state index contributed by atoms with van der Waals surface area (Å²) < 4.78 is 30.7. The lowest BCUT2D eigenvalue weighted by molar-refractivity contribution is -0.136. The number of carbonyl (C=O) groups excluding carboxylic acids is 2. The predicted molar refractivity (Wildman–Crippen MR) is 94.1 cm³/mol. The van der Waals surface area contributed by atoms with Gasteiger partial charge >= 0.3 is 12.1 Å². The minimum absolute atomic E-state index is 0.108. The second-order valence-electron chi connectivity index (χ2n) is 5.97. The van der Waals surface area contributed by atoms with Gasteiger partial charge in [-0.2, -0.15) is 0 Å². The van der Waals surface area contributed by atoms with Crippen LogP contribution in [0.1, 0.15) is 34.1 Å². The van der Waals surface area contributed by atoms with Crippen LogP contribution in [0.2, 0.25) is 0 Å². The number of amides is 2. The van der Waals surface area contributed by atoms with Gasteiger partial charge in [-0.3, -0.25) is 9.59 Å². The molecule has 0 bridgehead atoms. The van der Waals surface area contributed by atoms with Crippen LogP contribution < -0.4 is 11.1 Å². The number of nitrogens with one attached hydrogen (secondary N) is 1. The van der Waals surface area contributed by atoms with E-state index in [2.05, 4.69) is 10.1 Å². The highest BCUT2D eigenvalue weighted by Crippen LogP contribution is 2.30. The Morgan fingerprint density at radius 3 is 2.15 bits per heavy atom. The van der Waals surface area contributed by atoms with Crippen LogP contribution in [0.25, 0.3) is 0 Å². The number of hydrogen-bond acceptors (Lipinski definition) is 5. The van der Waals surface area contributed by atoms with E-state index in [-0.39, 0.29) is 17.9 Å². The van der Waals surface area contributed by atoms with Crippen molar-refractivity contribution in [2.45, 2.75) is 44.6 Å². The van der Waals surface area contributed by atoms with E-state index in [0.29, 0.717) is 4.90 Å². The molecule has 146 valence electrons. The number of thioether (sulfide) groups is 1. The lowest BCUT2D eigenvalue weighted by Gasteiger charge is -2.16. The molecular formula is C16H22F2N2O5S. The molecule has 1 aromatic rings. The monoisotopic (exact) mass is 392 g/mol. The molecule has 0 heterocycles. The Balaban J connectivity index is 0.000000660. The highest BCUT2D eigenvalue weighted by molar-refractivity contribution is 7.99. The molecular weight excluding hydrogens is 370 g/mol. The van der Waals surface area contributed by atoms with Crippen molar-refractivity contribution < 1.29 is 33.0 Å². The van der Waals surface area contributed by atoms with Crippen LogP contribution in [0.15, 0.2) is 17.0 Å². The smallest absolute Gasteiger partial charge is 0.405 e. The molecule has 2 amide bonds. The molecule has 0 spiro atoms. The zero-order valence-corrected chi connectivity index (χ0v) is 15.7. The van der Waals surface area contributed by atoms with Gasteiger partial charge in [0, 0.05) is 23.6 Å². The molecule has 26 heavy (non-hydrogen) atoms. The fourth-order valence-electron chi connectivity index (χ4n) is 1.49. The number of anilines is 1. The summed E-state index contributed by atoms with van der Waals surface area (Å²) >= 11 is 1.04. The van der Waals surface area contributed by atoms with Gasteiger partial charge in [-0.05, 0) is 26.8 Å². The van der Waals surface area contributed by atoms with Crippen LogP contribution in [0.3, 0.4) is 0 Å². The van der Waals surface area contributed by atoms with Crippen molar-refractivity contribution >= 4 is 35.4 Å². The molecule has 0 aliphatic rings. The summed E-state index contributed by atoms with van der Waals surface area (Å²) in [5.41, 5.74) is 4.40. The first-order chi connectivity index (χ1) is 11.8. The van der Waals surface area contributed by atoms with E-state index in [1.807, 2.05) is 0 Å². The summed E-state index contributed by atoms with van der Waals surface area (Å²) in [6.45, 7) is 6.53. The van der Waals surface area contributed by atoms with Crippen molar-refractivity contribution in [3.8, 4) is 0 Å². The summed E-state index contributed by atoms with van der Waals surface area (Å²) in [6.07, 6.45) is -0.832. The van der Waals surface area contributed by atoms with Gasteiger partial charge in [-0.25, -0.2) is 13.6 Å². The Morgan fingerprint density at radius 1 is 1.23 bits per heavy atom. The summed E-state index contributed by atoms with van der Waals surface area (Å²) in [5, 5.41) is 10.9. The van der Waals surface area contributed by atoms with Gasteiger partial charge in [-0.15, -0.1) is 11.8 Å². The van der Waals surface area contributed by atoms with Crippen LogP contribution in [0.5, 0.6) is 0 Å². The first-order valence-corrected chi connectivity index (χ1v) is 8.40. The van der Waals surface area contributed by atoms with Crippen molar-refractivity contribution in [3.05, 3.63) is 23.8 Å². The third kappa shape index (κ3) is 11.2. The molecule has 10 heteroatoms. The van der Waals surface area contributed by atoms with E-state index in [9.17, 15) is 23.2 Å². The van der Waals surface area contributed by atoms with E-state index >= 15 is 0 Å². The van der Waals surface area contributed by atoms with Crippen LogP contribution in [0, 0.1) is 11.6 Å². The number of nitrogens with two attached hydrogens (primary N) is 1. The number of carboxylic acid groups (broad SMARTS) is 1. The lowest BCUT2D eigenvalue weighted by atomic mass is 10.2. The van der Waals surface area contributed by atoms with Gasteiger partial charge in [0.25, 0.3) is 0 Å². The highest BCUT2D eigenvalue weighted by atomic mass is 32.2. The average molecular weight is 392 g/mol. The molecule has 0 unspecified atom stereocenters. The highest BCUT2D eigenvalue weighted by Gasteiger charge is 2.13. The van der Waals surface area contributed by atoms with Crippen molar-refractivity contribution in [1.82, 2.24) is 0 Å². The van der Waals surface area contributed by atoms with E-state index in [4.69, 9.17) is 10.8 Å². The van der Waals surface area contributed by atoms with Gasteiger partial charge in [0.1, 0.15) is 5.60 Å². The molecule has 0 aliphatic carbocycles. The Labute approximate surface area is 154 Å². The Hall–Kier alpha value is -2.36. The van der Waals surface area contributed by atoms with Gasteiger partial charge in [0.2, 0.25) is 5.91 Å². The zero-order chi connectivity index (χ0) is 20.5. The molecule has 0 saturated heterocycles. The third-order valence-electron chi connectivity index (χ3n) is 2.31. The summed E-state index contributed by atoms with van der Waals surface area (Å²) in [7, 11) is 0. The number of halogens is 2. The number of rotatable bonds is 5. The van der Waals surface area contributed by atoms with Crippen molar-refractivity contribution in [2.75, 3.05) is 11.1 Å². The average Bonchev–Trinajstić information content (AvgIpc) is 2.41. The first kappa shape index (κ1) is 23.6. The number of aliphatic carboxylic acids is 1. The molecule has 1 rings (SSSR count). The van der Waals surface area contributed by atoms with Crippen LogP contribution >= 0.6 is 11.8 Å². The Kier molecular flexibility index (Phi) is 9.63. The molecule has 7 nitrogen and oxygen atoms in total. The number of carboxylic acids is 1. The van der Waals surface area contributed by atoms with Gasteiger partial charge in [-0.1, -0.05) is 0 Å². The maximum Gasteiger partial charge on any atom is 0.405 e. The van der Waals surface area contributed by atoms with Gasteiger partial charge < -0.3 is 20.9 Å². The maximum absolute atomic E-state index is 13.1. The van der Waals surface area contributed by atoms with Crippen molar-refractivity contribution in [2.24, 2.45) is 5.73 Å². The third-order valence-corrected chi connectivity index (χ3v) is 3.37. The van der Waals surface area contributed by atoms with Crippen LogP contribution in [-0.4, -0.2) is 34.4 Å². The number of hydrogen-bond donors (Lipinski definition) is 3. The van der Waals surface area contributed by atoms with Gasteiger partial charge in [0.15, 0.2) is 11.6 Å². The fraction of sp³-hybridized carbons (Fsp3) is 0.438. The van der Waals surface area contributed by atoms with Crippen LogP contribution in [-0.2, 0) is 14.3 Å². The minimum atomic E-state index is -1.07. The fourth-order valence-corrected chi connectivity index (χ4v) is 2.43. The SMILES string of the molecule is CC(=O)Nc1cc(F)c(F)cc1SCCC(=O)O.CC(C)(C)OC(N)=O. The summed E-state index contributed by atoms with van der Waals surface area (Å²) in [5.74, 6) is -3.30. The molecule has 4 N–H and O–H groups in total. The minimum Gasteiger partial charge on any atom is -0.481 e. The second-order valence-corrected chi connectivity index (χ2v) is 7.11. The largest absolute Gasteiger partial charge is 0.481 e. The molecule has 0 atom stereocenters. The number of benzene rings is 1. The van der Waals surface area contributed by atoms with E-state index in [1.54, 1.807) is 20.8 Å². The summed E-state index contributed by atoms with van der Waals surface area (Å²) in [4.78, 5) is 31.6. The molecule has 0 aliphatic heterocycles. The van der Waals surface area contributed by atoms with Crippen molar-refractivity contribution in [3.63, 3.8) is 0 Å². The predicted octanol–water partition coefficient (Wildman–Crippen LogP) is 3.37. The van der Waals surface area contributed by atoms with E-state index < -0.39 is 35.2 Å². The molecule has 0 aromatic heterocycles. The summed E-state index contributed by atoms with van der Waals surface area (Å²) in [6, 6.07) is 1.81. The van der Waals surface area contributed by atoms with Crippen LogP contribution in [0.4, 0.5) is 19.3 Å². The standard InChI is InChI=1S/C11H11F2NO3S.C5H11NO2/c1-6(15)14-9-4-7(12)8(13)5-10(9)18-3-2-11(16)17;1-5(2,3)8-4(6)7/h4-5H,2-3H2,1H3,(H,14,15)(H,16,17);1-3H3,(H2,6,7). The van der Waals surface area contributed by atoms with Crippen molar-refractivity contribution in [1.29, 1.82) is 0 Å². The van der Waals surface area contributed by atoms with E-state index in [1.165, 1.54) is 6.92 Å². The Bertz CT molecular complexity index is 663. The normalized spacial score (nSPS) is 10.4. The zero-order valence-electron chi connectivity index (χ0n) is 14.9. The second kappa shape index (κ2) is 10.6. The number of primary amides is 1. The molecule has 1 aromatic carbocycles. The number of carbonyl (C=O) groups is 3. The first-order valence-electron chi connectivity index (χ1n) is 7.41. The van der Waals surface area contributed by atoms with E-state index in [0.717, 1.165) is 23.9 Å². The maximum atomic E-state index is 13.1. The Morgan fingerprint density at radius 2 is 1.77 bits per heavy atom. The van der Waals surface area contributed by atoms with Gasteiger partial charge in [0.05, 0.1) is 12.1 Å². The molecule has 0 radical (unpaired) electrons. The quantitative estimate of drug-likeness (QED) is 0.661. The number of ether oxygens (including phenoxy) is 1. The molecule has 0 saturated carbocycles. The topological polar surface area (TPSA) is 119 Å².